The molecule has 1 aromatic rings. The monoisotopic (exact) mass is 433 g/mol. The molecule has 0 heterocycles. The SMILES string of the molecule is CC(C)c1cc(C2CC3(C)C(O)CCC3C3CCC4=CC(=O)CCC4=C23)ccc1N(C)C. The van der Waals surface area contributed by atoms with Gasteiger partial charge in [-0.15, -0.1) is 0 Å². The number of ketones is 1. The molecule has 0 bridgehead atoms. The fourth-order valence-corrected chi connectivity index (χ4v) is 7.59. The number of fused-ring (bicyclic) bond motifs is 4. The van der Waals surface area contributed by atoms with E-state index >= 15 is 0 Å². The summed E-state index contributed by atoms with van der Waals surface area (Å²) in [6.07, 6.45) is 8.58. The smallest absolute Gasteiger partial charge is 0.156 e. The van der Waals surface area contributed by atoms with Crippen molar-refractivity contribution in [3.63, 3.8) is 0 Å². The number of allylic oxidation sites excluding steroid dienone is 4. The van der Waals surface area contributed by atoms with E-state index in [4.69, 9.17) is 0 Å². The third-order valence-electron chi connectivity index (χ3n) is 9.24. The second-order valence-electron chi connectivity index (χ2n) is 11.5. The van der Waals surface area contributed by atoms with Crippen LogP contribution >= 0.6 is 0 Å². The number of aliphatic hydroxyl groups is 1. The minimum atomic E-state index is -0.197. The molecule has 4 aliphatic rings. The number of aliphatic hydroxyl groups excluding tert-OH is 1. The third-order valence-corrected chi connectivity index (χ3v) is 9.24. The van der Waals surface area contributed by atoms with Crippen LogP contribution in [0.2, 0.25) is 0 Å². The predicted molar refractivity (Wildman–Crippen MR) is 131 cm³/mol. The van der Waals surface area contributed by atoms with E-state index in [0.29, 0.717) is 35.9 Å². The minimum absolute atomic E-state index is 0.0106. The molecular weight excluding hydrogens is 394 g/mol. The average molecular weight is 434 g/mol. The van der Waals surface area contributed by atoms with Gasteiger partial charge in [0.2, 0.25) is 0 Å². The van der Waals surface area contributed by atoms with Crippen LogP contribution in [0.15, 0.2) is 41.0 Å². The Labute approximate surface area is 193 Å². The molecule has 4 aliphatic carbocycles. The molecule has 1 aromatic carbocycles. The summed E-state index contributed by atoms with van der Waals surface area (Å²) in [6.45, 7) is 6.92. The molecule has 0 amide bonds. The molecular formula is C29H39NO2. The molecule has 0 saturated heterocycles. The number of rotatable bonds is 3. The molecule has 3 nitrogen and oxygen atoms in total. The molecule has 172 valence electrons. The van der Waals surface area contributed by atoms with E-state index in [-0.39, 0.29) is 11.5 Å². The Balaban J connectivity index is 1.68. The zero-order chi connectivity index (χ0) is 22.8. The Morgan fingerprint density at radius 2 is 1.88 bits per heavy atom. The van der Waals surface area contributed by atoms with Crippen molar-refractivity contribution in [3.05, 3.63) is 52.1 Å². The zero-order valence-electron chi connectivity index (χ0n) is 20.4. The number of hydrogen-bond donors (Lipinski definition) is 1. The molecule has 0 spiro atoms. The highest BCUT2D eigenvalue weighted by Crippen LogP contribution is 2.64. The fraction of sp³-hybridized carbons (Fsp3) is 0.621. The standard InChI is InChI=1S/C29H39NO2/c1-17(2)23-15-19(7-12-26(23)30(4)5)24-16-29(3)25(11-13-27(29)32)22-9-6-18-14-20(31)8-10-21(18)28(22)24/h7,12,14-15,17,22,24-25,27,32H,6,8-11,13,16H2,1-5H3. The van der Waals surface area contributed by atoms with Gasteiger partial charge >= 0.3 is 0 Å². The maximum absolute atomic E-state index is 12.2. The Morgan fingerprint density at radius 3 is 2.59 bits per heavy atom. The first kappa shape index (κ1) is 21.9. The average Bonchev–Trinajstić information content (AvgIpc) is 3.06. The first-order valence-electron chi connectivity index (χ1n) is 12.7. The van der Waals surface area contributed by atoms with Crippen molar-refractivity contribution in [1.29, 1.82) is 0 Å². The summed E-state index contributed by atoms with van der Waals surface area (Å²) in [7, 11) is 4.25. The van der Waals surface area contributed by atoms with Gasteiger partial charge in [0.25, 0.3) is 0 Å². The quantitative estimate of drug-likeness (QED) is 0.623. The van der Waals surface area contributed by atoms with Crippen molar-refractivity contribution >= 4 is 11.5 Å². The Bertz CT molecular complexity index is 1000. The molecule has 0 aromatic heterocycles. The van der Waals surface area contributed by atoms with Crippen molar-refractivity contribution < 1.29 is 9.90 Å². The lowest BCUT2D eigenvalue weighted by atomic mass is 9.53. The minimum Gasteiger partial charge on any atom is -0.393 e. The van der Waals surface area contributed by atoms with Crippen LogP contribution in [-0.4, -0.2) is 31.1 Å². The van der Waals surface area contributed by atoms with Gasteiger partial charge < -0.3 is 10.0 Å². The van der Waals surface area contributed by atoms with Crippen LogP contribution in [-0.2, 0) is 4.79 Å². The predicted octanol–water partition coefficient (Wildman–Crippen LogP) is 6.14. The number of anilines is 1. The summed E-state index contributed by atoms with van der Waals surface area (Å²) in [5.74, 6) is 2.22. The van der Waals surface area contributed by atoms with Crippen LogP contribution in [0.3, 0.4) is 0 Å². The van der Waals surface area contributed by atoms with Crippen molar-refractivity contribution in [1.82, 2.24) is 0 Å². The highest BCUT2D eigenvalue weighted by atomic mass is 16.3. The van der Waals surface area contributed by atoms with E-state index in [1.54, 1.807) is 5.57 Å². The summed E-state index contributed by atoms with van der Waals surface area (Å²) < 4.78 is 0. The van der Waals surface area contributed by atoms with Crippen LogP contribution in [0, 0.1) is 17.3 Å². The van der Waals surface area contributed by atoms with Crippen molar-refractivity contribution in [2.24, 2.45) is 17.3 Å². The highest BCUT2D eigenvalue weighted by Gasteiger charge is 2.56. The van der Waals surface area contributed by atoms with E-state index in [9.17, 15) is 9.90 Å². The van der Waals surface area contributed by atoms with Crippen LogP contribution in [0.25, 0.3) is 0 Å². The second-order valence-corrected chi connectivity index (χ2v) is 11.5. The van der Waals surface area contributed by atoms with Crippen molar-refractivity contribution in [3.8, 4) is 0 Å². The third kappa shape index (κ3) is 3.31. The highest BCUT2D eigenvalue weighted by molar-refractivity contribution is 5.93. The van der Waals surface area contributed by atoms with E-state index in [1.807, 2.05) is 6.08 Å². The largest absolute Gasteiger partial charge is 0.393 e. The van der Waals surface area contributed by atoms with E-state index in [2.05, 4.69) is 58.0 Å². The topological polar surface area (TPSA) is 40.5 Å². The lowest BCUT2D eigenvalue weighted by Crippen LogP contribution is -2.45. The van der Waals surface area contributed by atoms with Crippen molar-refractivity contribution in [2.45, 2.75) is 83.7 Å². The summed E-state index contributed by atoms with van der Waals surface area (Å²) in [6, 6.07) is 7.09. The van der Waals surface area contributed by atoms with Gasteiger partial charge in [-0.25, -0.2) is 0 Å². The molecule has 3 heteroatoms. The maximum atomic E-state index is 12.2. The second kappa shape index (κ2) is 7.87. The number of carbonyl (C=O) groups excluding carboxylic acids is 1. The zero-order valence-corrected chi connectivity index (χ0v) is 20.4. The number of nitrogens with zero attached hydrogens (tertiary/aromatic N) is 1. The summed E-state index contributed by atoms with van der Waals surface area (Å²) in [5.41, 5.74) is 8.53. The van der Waals surface area contributed by atoms with Gasteiger partial charge in [0, 0.05) is 32.1 Å². The van der Waals surface area contributed by atoms with Gasteiger partial charge in [-0.1, -0.05) is 38.5 Å². The molecule has 2 fully saturated rings. The van der Waals surface area contributed by atoms with Crippen LogP contribution in [0.1, 0.15) is 88.7 Å². The van der Waals surface area contributed by atoms with Gasteiger partial charge in [0.05, 0.1) is 6.10 Å². The lowest BCUT2D eigenvalue weighted by Gasteiger charge is -2.52. The summed E-state index contributed by atoms with van der Waals surface area (Å²) >= 11 is 0. The maximum Gasteiger partial charge on any atom is 0.156 e. The van der Waals surface area contributed by atoms with E-state index < -0.39 is 0 Å². The molecule has 0 radical (unpaired) electrons. The molecule has 32 heavy (non-hydrogen) atoms. The fourth-order valence-electron chi connectivity index (χ4n) is 7.59. The lowest BCUT2D eigenvalue weighted by molar-refractivity contribution is -0.114. The van der Waals surface area contributed by atoms with Crippen molar-refractivity contribution in [2.75, 3.05) is 19.0 Å². The molecule has 1 N–H and O–H groups in total. The molecule has 2 saturated carbocycles. The first-order valence-corrected chi connectivity index (χ1v) is 12.7. The summed E-state index contributed by atoms with van der Waals surface area (Å²) in [5, 5.41) is 11.1. The van der Waals surface area contributed by atoms with Gasteiger partial charge in [-0.3, -0.25) is 4.79 Å². The Morgan fingerprint density at radius 1 is 1.09 bits per heavy atom. The van der Waals surface area contributed by atoms with Crippen LogP contribution in [0.4, 0.5) is 5.69 Å². The normalized spacial score (nSPS) is 34.2. The van der Waals surface area contributed by atoms with Crippen LogP contribution in [0.5, 0.6) is 0 Å². The van der Waals surface area contributed by atoms with Gasteiger partial charge in [-0.2, -0.15) is 0 Å². The van der Waals surface area contributed by atoms with Gasteiger partial charge in [0.15, 0.2) is 5.78 Å². The number of hydrogen-bond acceptors (Lipinski definition) is 3. The number of benzene rings is 1. The molecule has 0 aliphatic heterocycles. The molecule has 5 unspecified atom stereocenters. The Kier molecular flexibility index (Phi) is 5.40. The van der Waals surface area contributed by atoms with Crippen LogP contribution < -0.4 is 4.90 Å². The van der Waals surface area contributed by atoms with Gasteiger partial charge in [0.1, 0.15) is 0 Å². The van der Waals surface area contributed by atoms with E-state index in [1.165, 1.54) is 28.0 Å². The Hall–Kier alpha value is -1.87. The van der Waals surface area contributed by atoms with Gasteiger partial charge in [-0.05, 0) is 96.1 Å². The molecule has 5 atom stereocenters. The molecule has 5 rings (SSSR count). The number of carbonyl (C=O) groups is 1. The van der Waals surface area contributed by atoms with E-state index in [0.717, 1.165) is 38.5 Å². The summed E-state index contributed by atoms with van der Waals surface area (Å²) in [4.78, 5) is 14.4. The first-order chi connectivity index (χ1) is 15.2.